The zero-order valence-corrected chi connectivity index (χ0v) is 9.55. The first kappa shape index (κ1) is 10.7. The standard InChI is InChI=1S/C13H11FN4/c14-10-4-1-3-9(7-10)8-18-12-11(17-13(18)15)5-2-6-16-12/h1-7H,8H2,(H2,15,17). The van der Waals surface area contributed by atoms with Gasteiger partial charge in [0.05, 0.1) is 6.54 Å². The normalized spacial score (nSPS) is 10.9. The number of benzene rings is 1. The van der Waals surface area contributed by atoms with Gasteiger partial charge in [-0.1, -0.05) is 12.1 Å². The highest BCUT2D eigenvalue weighted by molar-refractivity contribution is 5.73. The molecule has 0 atom stereocenters. The first-order valence-corrected chi connectivity index (χ1v) is 5.55. The number of hydrogen-bond acceptors (Lipinski definition) is 3. The second kappa shape index (κ2) is 4.10. The minimum Gasteiger partial charge on any atom is -0.369 e. The minimum atomic E-state index is -0.261. The van der Waals surface area contributed by atoms with Crippen LogP contribution in [0.15, 0.2) is 42.6 Å². The molecule has 18 heavy (non-hydrogen) atoms. The van der Waals surface area contributed by atoms with Crippen LogP contribution in [-0.2, 0) is 6.54 Å². The van der Waals surface area contributed by atoms with Crippen LogP contribution < -0.4 is 5.73 Å². The number of pyridine rings is 1. The van der Waals surface area contributed by atoms with Gasteiger partial charge in [0.1, 0.15) is 11.3 Å². The largest absolute Gasteiger partial charge is 0.369 e. The lowest BCUT2D eigenvalue weighted by Crippen LogP contribution is -2.05. The van der Waals surface area contributed by atoms with Gasteiger partial charge in [-0.05, 0) is 29.8 Å². The molecule has 1 aromatic carbocycles. The van der Waals surface area contributed by atoms with Gasteiger partial charge in [-0.25, -0.2) is 14.4 Å². The molecule has 2 N–H and O–H groups in total. The molecule has 0 saturated heterocycles. The van der Waals surface area contributed by atoms with Gasteiger partial charge in [0, 0.05) is 6.20 Å². The molecule has 5 heteroatoms. The maximum absolute atomic E-state index is 13.1. The van der Waals surface area contributed by atoms with Crippen molar-refractivity contribution in [3.8, 4) is 0 Å². The molecule has 4 nitrogen and oxygen atoms in total. The highest BCUT2D eigenvalue weighted by Crippen LogP contribution is 2.17. The lowest BCUT2D eigenvalue weighted by Gasteiger charge is -2.05. The van der Waals surface area contributed by atoms with Crippen LogP contribution in [0.5, 0.6) is 0 Å². The Labute approximate surface area is 103 Å². The minimum absolute atomic E-state index is 0.261. The van der Waals surface area contributed by atoms with E-state index < -0.39 is 0 Å². The number of nitrogens with zero attached hydrogens (tertiary/aromatic N) is 3. The van der Waals surface area contributed by atoms with Crippen molar-refractivity contribution in [2.45, 2.75) is 6.54 Å². The zero-order valence-electron chi connectivity index (χ0n) is 9.55. The van der Waals surface area contributed by atoms with E-state index in [-0.39, 0.29) is 5.82 Å². The molecule has 0 unspecified atom stereocenters. The molecule has 0 fully saturated rings. The van der Waals surface area contributed by atoms with Gasteiger partial charge < -0.3 is 5.73 Å². The Morgan fingerprint density at radius 1 is 1.22 bits per heavy atom. The molecule has 2 aromatic heterocycles. The molecule has 0 aliphatic rings. The second-order valence-electron chi connectivity index (χ2n) is 4.03. The van der Waals surface area contributed by atoms with Crippen LogP contribution >= 0.6 is 0 Å². The summed E-state index contributed by atoms with van der Waals surface area (Å²) in [7, 11) is 0. The SMILES string of the molecule is Nc1nc2cccnc2n1Cc1cccc(F)c1. The zero-order chi connectivity index (χ0) is 12.5. The monoisotopic (exact) mass is 242 g/mol. The van der Waals surface area contributed by atoms with E-state index in [0.29, 0.717) is 18.1 Å². The maximum Gasteiger partial charge on any atom is 0.202 e. The second-order valence-corrected chi connectivity index (χ2v) is 4.03. The van der Waals surface area contributed by atoms with Crippen molar-refractivity contribution < 1.29 is 4.39 Å². The fourth-order valence-electron chi connectivity index (χ4n) is 1.95. The molecule has 0 aliphatic heterocycles. The number of anilines is 1. The summed E-state index contributed by atoms with van der Waals surface area (Å²) in [6.07, 6.45) is 1.69. The molecule has 0 bridgehead atoms. The third-order valence-corrected chi connectivity index (χ3v) is 2.76. The van der Waals surface area contributed by atoms with Crippen LogP contribution in [0.4, 0.5) is 10.3 Å². The lowest BCUT2D eigenvalue weighted by molar-refractivity contribution is 0.624. The molecular weight excluding hydrogens is 231 g/mol. The molecule has 0 spiro atoms. The summed E-state index contributed by atoms with van der Waals surface area (Å²) in [5, 5.41) is 0. The quantitative estimate of drug-likeness (QED) is 0.749. The summed E-state index contributed by atoms with van der Waals surface area (Å²) >= 11 is 0. The van der Waals surface area contributed by atoms with E-state index in [9.17, 15) is 4.39 Å². The van der Waals surface area contributed by atoms with E-state index in [1.807, 2.05) is 12.1 Å². The molecule has 0 radical (unpaired) electrons. The highest BCUT2D eigenvalue weighted by atomic mass is 19.1. The van der Waals surface area contributed by atoms with Gasteiger partial charge >= 0.3 is 0 Å². The Morgan fingerprint density at radius 2 is 2.11 bits per heavy atom. The Hall–Kier alpha value is -2.43. The van der Waals surface area contributed by atoms with Crippen LogP contribution in [-0.4, -0.2) is 14.5 Å². The maximum atomic E-state index is 13.1. The lowest BCUT2D eigenvalue weighted by atomic mass is 10.2. The average Bonchev–Trinajstić information content (AvgIpc) is 2.66. The van der Waals surface area contributed by atoms with E-state index in [1.165, 1.54) is 12.1 Å². The topological polar surface area (TPSA) is 56.7 Å². The Morgan fingerprint density at radius 3 is 2.94 bits per heavy atom. The first-order chi connectivity index (χ1) is 8.74. The molecular formula is C13H11FN4. The highest BCUT2D eigenvalue weighted by Gasteiger charge is 2.09. The number of fused-ring (bicyclic) bond motifs is 1. The van der Waals surface area contributed by atoms with Gasteiger partial charge in [0.15, 0.2) is 5.65 Å². The van der Waals surface area contributed by atoms with Crippen molar-refractivity contribution >= 4 is 17.1 Å². The summed E-state index contributed by atoms with van der Waals surface area (Å²) in [5.74, 6) is 0.122. The van der Waals surface area contributed by atoms with Gasteiger partial charge in [-0.2, -0.15) is 0 Å². The summed E-state index contributed by atoms with van der Waals surface area (Å²) in [5.41, 5.74) is 8.13. The first-order valence-electron chi connectivity index (χ1n) is 5.55. The number of aromatic nitrogens is 3. The van der Waals surface area contributed by atoms with E-state index in [1.54, 1.807) is 22.9 Å². The van der Waals surface area contributed by atoms with E-state index in [4.69, 9.17) is 5.73 Å². The van der Waals surface area contributed by atoms with Crippen molar-refractivity contribution in [1.82, 2.24) is 14.5 Å². The van der Waals surface area contributed by atoms with Crippen LogP contribution in [0.3, 0.4) is 0 Å². The van der Waals surface area contributed by atoms with Crippen molar-refractivity contribution in [2.75, 3.05) is 5.73 Å². The molecule has 0 aliphatic carbocycles. The summed E-state index contributed by atoms with van der Waals surface area (Å²) in [4.78, 5) is 8.46. The summed E-state index contributed by atoms with van der Waals surface area (Å²) in [6, 6.07) is 10.1. The number of rotatable bonds is 2. The summed E-state index contributed by atoms with van der Waals surface area (Å²) < 4.78 is 14.9. The van der Waals surface area contributed by atoms with Crippen molar-refractivity contribution in [3.05, 3.63) is 54.0 Å². The van der Waals surface area contributed by atoms with Crippen LogP contribution in [0, 0.1) is 5.82 Å². The molecule has 3 rings (SSSR count). The predicted octanol–water partition coefficient (Wildman–Crippen LogP) is 2.20. The van der Waals surface area contributed by atoms with Gasteiger partial charge in [0.2, 0.25) is 5.95 Å². The van der Waals surface area contributed by atoms with E-state index in [0.717, 1.165) is 11.1 Å². The van der Waals surface area contributed by atoms with Gasteiger partial charge in [-0.3, -0.25) is 4.57 Å². The Bertz CT molecular complexity index is 705. The fraction of sp³-hybridized carbons (Fsp3) is 0.0769. The van der Waals surface area contributed by atoms with Crippen LogP contribution in [0.25, 0.3) is 11.2 Å². The fourth-order valence-corrected chi connectivity index (χ4v) is 1.95. The predicted molar refractivity (Wildman–Crippen MR) is 67.4 cm³/mol. The van der Waals surface area contributed by atoms with E-state index in [2.05, 4.69) is 9.97 Å². The van der Waals surface area contributed by atoms with Gasteiger partial charge in [-0.15, -0.1) is 0 Å². The smallest absolute Gasteiger partial charge is 0.202 e. The average molecular weight is 242 g/mol. The van der Waals surface area contributed by atoms with Crippen molar-refractivity contribution in [2.24, 2.45) is 0 Å². The number of nitrogens with two attached hydrogens (primary N) is 1. The molecule has 0 amide bonds. The van der Waals surface area contributed by atoms with E-state index >= 15 is 0 Å². The molecule has 0 saturated carbocycles. The number of hydrogen-bond donors (Lipinski definition) is 1. The number of nitrogen functional groups attached to an aromatic ring is 1. The third-order valence-electron chi connectivity index (χ3n) is 2.76. The Kier molecular flexibility index (Phi) is 2.44. The molecule has 90 valence electrons. The summed E-state index contributed by atoms with van der Waals surface area (Å²) in [6.45, 7) is 0.455. The Balaban J connectivity index is 2.07. The van der Waals surface area contributed by atoms with Gasteiger partial charge in [0.25, 0.3) is 0 Å². The van der Waals surface area contributed by atoms with Crippen molar-refractivity contribution in [1.29, 1.82) is 0 Å². The number of halogens is 1. The van der Waals surface area contributed by atoms with Crippen LogP contribution in [0.2, 0.25) is 0 Å². The van der Waals surface area contributed by atoms with Crippen LogP contribution in [0.1, 0.15) is 5.56 Å². The molecule has 3 aromatic rings. The van der Waals surface area contributed by atoms with Crippen molar-refractivity contribution in [3.63, 3.8) is 0 Å². The third kappa shape index (κ3) is 1.79. The molecule has 2 heterocycles. The number of imidazole rings is 1.